The van der Waals surface area contributed by atoms with Crippen molar-refractivity contribution in [2.45, 2.75) is 51.4 Å². The van der Waals surface area contributed by atoms with Crippen LogP contribution in [0.3, 0.4) is 0 Å². The molecule has 1 aliphatic rings. The first-order chi connectivity index (χ1) is 7.19. The standard InChI is InChI=1S/C11H19N3O/c1-3-14-7-9(6-12-14)8(2)13-10-4-11(15)5-10/h6-8,10-11,13,15H,3-5H2,1-2H3. The highest BCUT2D eigenvalue weighted by Crippen LogP contribution is 2.23. The van der Waals surface area contributed by atoms with E-state index in [1.54, 1.807) is 0 Å². The van der Waals surface area contributed by atoms with E-state index in [9.17, 15) is 5.11 Å². The predicted octanol–water partition coefficient (Wildman–Crippen LogP) is 1.08. The highest BCUT2D eigenvalue weighted by molar-refractivity contribution is 5.10. The molecule has 0 aromatic carbocycles. The van der Waals surface area contributed by atoms with E-state index in [2.05, 4.69) is 30.5 Å². The Hall–Kier alpha value is -0.870. The molecule has 1 saturated carbocycles. The average Bonchev–Trinajstić information content (AvgIpc) is 2.63. The van der Waals surface area contributed by atoms with E-state index in [1.165, 1.54) is 5.56 Å². The van der Waals surface area contributed by atoms with Gasteiger partial charge in [0.15, 0.2) is 0 Å². The summed E-state index contributed by atoms with van der Waals surface area (Å²) >= 11 is 0. The summed E-state index contributed by atoms with van der Waals surface area (Å²) in [6.07, 6.45) is 5.66. The number of aliphatic hydroxyl groups is 1. The summed E-state index contributed by atoms with van der Waals surface area (Å²) in [4.78, 5) is 0. The van der Waals surface area contributed by atoms with Gasteiger partial charge in [0, 0.05) is 30.4 Å². The Morgan fingerprint density at radius 2 is 2.40 bits per heavy atom. The molecular formula is C11H19N3O. The van der Waals surface area contributed by atoms with Crippen molar-refractivity contribution in [2.24, 2.45) is 0 Å². The molecule has 84 valence electrons. The second-order valence-electron chi connectivity index (χ2n) is 4.34. The summed E-state index contributed by atoms with van der Waals surface area (Å²) in [5.41, 5.74) is 1.22. The Kier molecular flexibility index (Phi) is 3.07. The van der Waals surface area contributed by atoms with Crippen molar-refractivity contribution in [3.8, 4) is 0 Å². The molecule has 0 aliphatic heterocycles. The number of aryl methyl sites for hydroxylation is 1. The largest absolute Gasteiger partial charge is 0.393 e. The molecular weight excluding hydrogens is 190 g/mol. The first-order valence-electron chi connectivity index (χ1n) is 5.65. The van der Waals surface area contributed by atoms with Gasteiger partial charge in [-0.25, -0.2) is 0 Å². The molecule has 0 saturated heterocycles. The van der Waals surface area contributed by atoms with Crippen molar-refractivity contribution in [3.63, 3.8) is 0 Å². The summed E-state index contributed by atoms with van der Waals surface area (Å²) in [6, 6.07) is 0.794. The third-order valence-electron chi connectivity index (χ3n) is 3.08. The van der Waals surface area contributed by atoms with E-state index >= 15 is 0 Å². The summed E-state index contributed by atoms with van der Waals surface area (Å²) in [5.74, 6) is 0. The van der Waals surface area contributed by atoms with Gasteiger partial charge in [-0.3, -0.25) is 4.68 Å². The second-order valence-corrected chi connectivity index (χ2v) is 4.34. The first kappa shape index (κ1) is 10.6. The highest BCUT2D eigenvalue weighted by atomic mass is 16.3. The maximum absolute atomic E-state index is 9.19. The van der Waals surface area contributed by atoms with Gasteiger partial charge in [0.05, 0.1) is 12.3 Å². The molecule has 1 fully saturated rings. The van der Waals surface area contributed by atoms with Gasteiger partial charge in [-0.15, -0.1) is 0 Å². The van der Waals surface area contributed by atoms with Crippen LogP contribution >= 0.6 is 0 Å². The maximum atomic E-state index is 9.19. The van der Waals surface area contributed by atoms with Crippen molar-refractivity contribution in [1.29, 1.82) is 0 Å². The predicted molar refractivity (Wildman–Crippen MR) is 58.5 cm³/mol. The third kappa shape index (κ3) is 2.38. The van der Waals surface area contributed by atoms with Crippen LogP contribution in [-0.2, 0) is 6.54 Å². The topological polar surface area (TPSA) is 50.1 Å². The molecule has 2 N–H and O–H groups in total. The van der Waals surface area contributed by atoms with Crippen molar-refractivity contribution in [1.82, 2.24) is 15.1 Å². The van der Waals surface area contributed by atoms with E-state index < -0.39 is 0 Å². The van der Waals surface area contributed by atoms with Gasteiger partial charge < -0.3 is 10.4 Å². The lowest BCUT2D eigenvalue weighted by molar-refractivity contribution is 0.0586. The second kappa shape index (κ2) is 4.33. The fourth-order valence-corrected chi connectivity index (χ4v) is 1.95. The maximum Gasteiger partial charge on any atom is 0.0570 e. The van der Waals surface area contributed by atoms with Gasteiger partial charge in [0.1, 0.15) is 0 Å². The van der Waals surface area contributed by atoms with Crippen LogP contribution in [0.4, 0.5) is 0 Å². The summed E-state index contributed by atoms with van der Waals surface area (Å²) in [6.45, 7) is 5.13. The van der Waals surface area contributed by atoms with Gasteiger partial charge in [-0.1, -0.05) is 0 Å². The Bertz CT molecular complexity index is 317. The van der Waals surface area contributed by atoms with Crippen molar-refractivity contribution >= 4 is 0 Å². The van der Waals surface area contributed by atoms with Gasteiger partial charge in [-0.2, -0.15) is 5.10 Å². The van der Waals surface area contributed by atoms with Gasteiger partial charge in [0.25, 0.3) is 0 Å². The number of aliphatic hydroxyl groups excluding tert-OH is 1. The van der Waals surface area contributed by atoms with Crippen molar-refractivity contribution < 1.29 is 5.11 Å². The van der Waals surface area contributed by atoms with Crippen LogP contribution in [-0.4, -0.2) is 27.0 Å². The van der Waals surface area contributed by atoms with Crippen LogP contribution in [0.15, 0.2) is 12.4 Å². The Labute approximate surface area is 90.3 Å². The molecule has 1 aliphatic carbocycles. The number of aromatic nitrogens is 2. The fraction of sp³-hybridized carbons (Fsp3) is 0.727. The minimum Gasteiger partial charge on any atom is -0.393 e. The van der Waals surface area contributed by atoms with Gasteiger partial charge in [0.2, 0.25) is 0 Å². The summed E-state index contributed by atoms with van der Waals surface area (Å²) in [5, 5.41) is 16.9. The van der Waals surface area contributed by atoms with E-state index in [0.717, 1.165) is 19.4 Å². The molecule has 4 nitrogen and oxygen atoms in total. The zero-order valence-corrected chi connectivity index (χ0v) is 9.35. The third-order valence-corrected chi connectivity index (χ3v) is 3.08. The lowest BCUT2D eigenvalue weighted by atomic mass is 9.88. The molecule has 1 aromatic heterocycles. The quantitative estimate of drug-likeness (QED) is 0.780. The van der Waals surface area contributed by atoms with Gasteiger partial charge in [-0.05, 0) is 26.7 Å². The lowest BCUT2D eigenvalue weighted by Crippen LogP contribution is -2.44. The summed E-state index contributed by atoms with van der Waals surface area (Å²) < 4.78 is 1.93. The van der Waals surface area contributed by atoms with Crippen LogP contribution in [0.25, 0.3) is 0 Å². The molecule has 1 aromatic rings. The minimum atomic E-state index is -0.0898. The zero-order chi connectivity index (χ0) is 10.8. The SMILES string of the molecule is CCn1cc(C(C)NC2CC(O)C2)cn1. The van der Waals surface area contributed by atoms with Gasteiger partial charge >= 0.3 is 0 Å². The van der Waals surface area contributed by atoms with Crippen LogP contribution in [0, 0.1) is 0 Å². The molecule has 15 heavy (non-hydrogen) atoms. The van der Waals surface area contributed by atoms with E-state index in [1.807, 2.05) is 10.9 Å². The highest BCUT2D eigenvalue weighted by Gasteiger charge is 2.28. The minimum absolute atomic E-state index is 0.0898. The van der Waals surface area contributed by atoms with Crippen LogP contribution < -0.4 is 5.32 Å². The van der Waals surface area contributed by atoms with Crippen molar-refractivity contribution in [3.05, 3.63) is 18.0 Å². The fourth-order valence-electron chi connectivity index (χ4n) is 1.95. The first-order valence-corrected chi connectivity index (χ1v) is 5.65. The number of hydrogen-bond donors (Lipinski definition) is 2. The van der Waals surface area contributed by atoms with Crippen LogP contribution in [0.2, 0.25) is 0 Å². The molecule has 0 bridgehead atoms. The average molecular weight is 209 g/mol. The van der Waals surface area contributed by atoms with Crippen LogP contribution in [0.5, 0.6) is 0 Å². The Morgan fingerprint density at radius 3 is 2.93 bits per heavy atom. The lowest BCUT2D eigenvalue weighted by Gasteiger charge is -2.34. The summed E-state index contributed by atoms with van der Waals surface area (Å²) in [7, 11) is 0. The molecule has 0 spiro atoms. The smallest absolute Gasteiger partial charge is 0.0570 e. The Balaban J connectivity index is 1.87. The normalized spacial score (nSPS) is 27.4. The number of nitrogens with one attached hydrogen (secondary N) is 1. The molecule has 2 rings (SSSR count). The molecule has 4 heteroatoms. The molecule has 0 radical (unpaired) electrons. The van der Waals surface area contributed by atoms with Crippen molar-refractivity contribution in [2.75, 3.05) is 0 Å². The number of hydrogen-bond acceptors (Lipinski definition) is 3. The van der Waals surface area contributed by atoms with Crippen LogP contribution in [0.1, 0.15) is 38.3 Å². The van der Waals surface area contributed by atoms with E-state index in [-0.39, 0.29) is 6.10 Å². The van der Waals surface area contributed by atoms with E-state index in [4.69, 9.17) is 0 Å². The molecule has 0 amide bonds. The molecule has 1 unspecified atom stereocenters. The molecule has 1 atom stereocenters. The molecule has 1 heterocycles. The number of rotatable bonds is 4. The monoisotopic (exact) mass is 209 g/mol. The van der Waals surface area contributed by atoms with E-state index in [0.29, 0.717) is 12.1 Å². The Morgan fingerprint density at radius 1 is 1.67 bits per heavy atom. The number of nitrogens with zero attached hydrogens (tertiary/aromatic N) is 2. The zero-order valence-electron chi connectivity index (χ0n) is 9.35.